The molecule has 1 aromatic heterocycles. The van der Waals surface area contributed by atoms with E-state index in [1.165, 1.54) is 11.8 Å². The van der Waals surface area contributed by atoms with E-state index >= 15 is 0 Å². The number of pyridine rings is 1. The van der Waals surface area contributed by atoms with Crippen LogP contribution in [-0.2, 0) is 17.9 Å². The van der Waals surface area contributed by atoms with Gasteiger partial charge in [0.15, 0.2) is 0 Å². The van der Waals surface area contributed by atoms with Gasteiger partial charge in [0.1, 0.15) is 27.5 Å². The average molecular weight is 523 g/mol. The third kappa shape index (κ3) is 5.06. The number of aromatic nitrogens is 1. The first-order valence-corrected chi connectivity index (χ1v) is 13.4. The number of thioether (sulfide) groups is 1. The van der Waals surface area contributed by atoms with E-state index in [0.29, 0.717) is 27.9 Å². The molecular weight excluding hydrogens is 492 g/mol. The van der Waals surface area contributed by atoms with E-state index in [2.05, 4.69) is 11.0 Å². The zero-order chi connectivity index (χ0) is 25.8. The van der Waals surface area contributed by atoms with Crippen LogP contribution in [0.25, 0.3) is 6.08 Å². The summed E-state index contributed by atoms with van der Waals surface area (Å²) in [5.74, 6) is 1.37. The van der Waals surface area contributed by atoms with Crippen LogP contribution >= 0.6 is 24.0 Å². The summed E-state index contributed by atoms with van der Waals surface area (Å²) in [4.78, 5) is 31.0. The van der Waals surface area contributed by atoms with Gasteiger partial charge in [0, 0.05) is 25.2 Å². The molecule has 1 amide bonds. The van der Waals surface area contributed by atoms with Crippen molar-refractivity contribution in [3.63, 3.8) is 0 Å². The Labute approximate surface area is 221 Å². The van der Waals surface area contributed by atoms with Crippen LogP contribution in [0.15, 0.2) is 34.0 Å². The second-order valence-corrected chi connectivity index (χ2v) is 10.6. The molecule has 0 atom stereocenters. The van der Waals surface area contributed by atoms with Crippen LogP contribution in [-0.4, -0.2) is 39.9 Å². The molecule has 0 N–H and O–H groups in total. The van der Waals surface area contributed by atoms with E-state index in [9.17, 15) is 14.9 Å². The number of carbonyl (C=O) groups excluding carboxylic acids is 1. The Morgan fingerprint density at radius 1 is 1.14 bits per heavy atom. The van der Waals surface area contributed by atoms with Gasteiger partial charge in [-0.15, -0.1) is 0 Å². The number of nitrogens with zero attached hydrogens (tertiary/aromatic N) is 4. The summed E-state index contributed by atoms with van der Waals surface area (Å²) in [6, 6.07) is 9.65. The van der Waals surface area contributed by atoms with Crippen molar-refractivity contribution in [3.8, 4) is 11.8 Å². The molecule has 0 unspecified atom stereocenters. The minimum absolute atomic E-state index is 0.121. The quantitative estimate of drug-likeness (QED) is 0.397. The third-order valence-electron chi connectivity index (χ3n) is 6.72. The van der Waals surface area contributed by atoms with Gasteiger partial charge < -0.3 is 9.64 Å². The van der Waals surface area contributed by atoms with E-state index in [-0.39, 0.29) is 17.0 Å². The number of nitriles is 1. The minimum Gasteiger partial charge on any atom is -0.497 e. The van der Waals surface area contributed by atoms with Gasteiger partial charge in [0.2, 0.25) is 0 Å². The lowest BCUT2D eigenvalue weighted by atomic mass is 10.0. The van der Waals surface area contributed by atoms with Crippen LogP contribution in [0.3, 0.4) is 0 Å². The summed E-state index contributed by atoms with van der Waals surface area (Å²) < 4.78 is 7.39. The first-order chi connectivity index (χ1) is 17.4. The maximum Gasteiger partial charge on any atom is 0.270 e. The zero-order valence-electron chi connectivity index (χ0n) is 20.9. The van der Waals surface area contributed by atoms with E-state index in [1.807, 2.05) is 37.3 Å². The van der Waals surface area contributed by atoms with Gasteiger partial charge in [-0.05, 0) is 56.0 Å². The van der Waals surface area contributed by atoms with Crippen molar-refractivity contribution in [1.29, 1.82) is 5.26 Å². The molecule has 1 aromatic carbocycles. The van der Waals surface area contributed by atoms with Crippen molar-refractivity contribution in [2.24, 2.45) is 0 Å². The number of hydrogen-bond donors (Lipinski definition) is 0. The summed E-state index contributed by atoms with van der Waals surface area (Å²) in [5.41, 5.74) is 2.14. The van der Waals surface area contributed by atoms with Gasteiger partial charge in [-0.1, -0.05) is 49.0 Å². The fraction of sp³-hybridized carbons (Fsp3) is 0.407. The van der Waals surface area contributed by atoms with E-state index in [4.69, 9.17) is 17.0 Å². The maximum absolute atomic E-state index is 13.5. The van der Waals surface area contributed by atoms with Gasteiger partial charge in [0.05, 0.1) is 18.6 Å². The average Bonchev–Trinajstić information content (AvgIpc) is 3.05. The normalized spacial score (nSPS) is 17.4. The summed E-state index contributed by atoms with van der Waals surface area (Å²) in [5, 5.41) is 9.78. The number of hydrogen-bond acceptors (Lipinski definition) is 7. The van der Waals surface area contributed by atoms with Crippen molar-refractivity contribution < 1.29 is 9.53 Å². The number of ether oxygens (including phenoxy) is 1. The Balaban J connectivity index is 1.77. The fourth-order valence-electron chi connectivity index (χ4n) is 4.74. The molecule has 0 saturated carbocycles. The van der Waals surface area contributed by atoms with E-state index in [0.717, 1.165) is 61.5 Å². The van der Waals surface area contributed by atoms with Crippen molar-refractivity contribution in [1.82, 2.24) is 9.47 Å². The largest absolute Gasteiger partial charge is 0.497 e. The predicted octanol–water partition coefficient (Wildman–Crippen LogP) is 4.84. The van der Waals surface area contributed by atoms with Crippen LogP contribution in [0, 0.1) is 18.3 Å². The maximum atomic E-state index is 13.5. The number of carbonyl (C=O) groups is 1. The van der Waals surface area contributed by atoms with Crippen molar-refractivity contribution in [3.05, 3.63) is 61.8 Å². The topological polar surface area (TPSA) is 78.6 Å². The van der Waals surface area contributed by atoms with Crippen LogP contribution in [0.1, 0.15) is 54.9 Å². The molecule has 0 bridgehead atoms. The van der Waals surface area contributed by atoms with Crippen LogP contribution in [0.4, 0.5) is 5.82 Å². The summed E-state index contributed by atoms with van der Waals surface area (Å²) in [6.45, 7) is 6.19. The van der Waals surface area contributed by atoms with Gasteiger partial charge in [-0.25, -0.2) is 0 Å². The molecule has 2 aliphatic heterocycles. The molecule has 36 heavy (non-hydrogen) atoms. The second kappa shape index (κ2) is 11.3. The molecule has 4 rings (SSSR count). The fourth-order valence-corrected chi connectivity index (χ4v) is 5.98. The highest BCUT2D eigenvalue weighted by molar-refractivity contribution is 8.26. The predicted molar refractivity (Wildman–Crippen MR) is 148 cm³/mol. The molecule has 0 radical (unpaired) electrons. The highest BCUT2D eigenvalue weighted by Gasteiger charge is 2.33. The van der Waals surface area contributed by atoms with E-state index < -0.39 is 0 Å². The SMILES string of the molecule is CCn1c(N2CCCCCC2)c(C=C2SC(=S)N(Cc3ccc(OC)cc3)C2=O)c(C)c(C#N)c1=O. The summed E-state index contributed by atoms with van der Waals surface area (Å²) in [6.07, 6.45) is 6.22. The third-order valence-corrected chi connectivity index (χ3v) is 8.09. The highest BCUT2D eigenvalue weighted by atomic mass is 32.2. The Kier molecular flexibility index (Phi) is 8.17. The number of methoxy groups -OCH3 is 1. The highest BCUT2D eigenvalue weighted by Crippen LogP contribution is 2.37. The van der Waals surface area contributed by atoms with Crippen LogP contribution in [0.5, 0.6) is 5.75 Å². The van der Waals surface area contributed by atoms with Crippen molar-refractivity contribution in [2.45, 2.75) is 52.6 Å². The molecule has 188 valence electrons. The molecule has 2 fully saturated rings. The molecule has 2 saturated heterocycles. The smallest absolute Gasteiger partial charge is 0.270 e. The molecular formula is C27H30N4O3S2. The van der Waals surface area contributed by atoms with Crippen molar-refractivity contribution >= 4 is 46.1 Å². The van der Waals surface area contributed by atoms with Gasteiger partial charge in [-0.2, -0.15) is 5.26 Å². The minimum atomic E-state index is -0.277. The first-order valence-electron chi connectivity index (χ1n) is 12.2. The lowest BCUT2D eigenvalue weighted by molar-refractivity contribution is -0.122. The van der Waals surface area contributed by atoms with E-state index in [1.54, 1.807) is 23.5 Å². The second-order valence-electron chi connectivity index (χ2n) is 8.92. The molecule has 3 heterocycles. The first kappa shape index (κ1) is 26.0. The summed E-state index contributed by atoms with van der Waals surface area (Å²) in [7, 11) is 1.61. The number of anilines is 1. The number of benzene rings is 1. The summed E-state index contributed by atoms with van der Waals surface area (Å²) >= 11 is 6.83. The molecule has 2 aromatic rings. The lowest BCUT2D eigenvalue weighted by Gasteiger charge is -2.29. The van der Waals surface area contributed by atoms with Crippen LogP contribution in [0.2, 0.25) is 0 Å². The molecule has 0 spiro atoms. The Morgan fingerprint density at radius 3 is 2.39 bits per heavy atom. The molecule has 0 aliphatic carbocycles. The monoisotopic (exact) mass is 522 g/mol. The lowest BCUT2D eigenvalue weighted by Crippen LogP contribution is -2.35. The standard InChI is InChI=1S/C27H30N4O3S2/c1-4-30-24(29-13-7-5-6-8-14-29)21(18(2)22(16-28)25(30)32)15-23-26(33)31(27(35)36-23)17-19-9-11-20(34-3)12-10-19/h9-12,15H,4-8,13-14,17H2,1-3H3. The van der Waals surface area contributed by atoms with Crippen molar-refractivity contribution in [2.75, 3.05) is 25.1 Å². The number of amides is 1. The number of rotatable bonds is 6. The van der Waals surface area contributed by atoms with Gasteiger partial charge in [0.25, 0.3) is 11.5 Å². The molecule has 7 nitrogen and oxygen atoms in total. The van der Waals surface area contributed by atoms with Crippen LogP contribution < -0.4 is 15.2 Å². The zero-order valence-corrected chi connectivity index (χ0v) is 22.5. The van der Waals surface area contributed by atoms with Gasteiger partial charge >= 0.3 is 0 Å². The molecule has 2 aliphatic rings. The molecule has 9 heteroatoms. The Hall–Kier alpha value is -3.09. The van der Waals surface area contributed by atoms with Gasteiger partial charge in [-0.3, -0.25) is 19.1 Å². The number of thiocarbonyl (C=S) groups is 1. The Bertz CT molecular complexity index is 1300. The Morgan fingerprint density at radius 2 is 1.81 bits per heavy atom.